The summed E-state index contributed by atoms with van der Waals surface area (Å²) in [6.45, 7) is 0. The summed E-state index contributed by atoms with van der Waals surface area (Å²) in [6, 6.07) is 86.7. The van der Waals surface area contributed by atoms with Crippen LogP contribution in [0.1, 0.15) is 0 Å². The summed E-state index contributed by atoms with van der Waals surface area (Å²) in [5.41, 5.74) is 24.3. The molecule has 0 amide bonds. The predicted octanol–water partition coefficient (Wildman–Crippen LogP) is 17.2. The van der Waals surface area contributed by atoms with E-state index < -0.39 is 0 Å². The zero-order valence-corrected chi connectivity index (χ0v) is 35.1. The number of rotatable bonds is 8. The predicted molar refractivity (Wildman–Crippen MR) is 270 cm³/mol. The number of pyridine rings is 1. The summed E-state index contributed by atoms with van der Waals surface area (Å²) < 4.78 is 0. The molecule has 0 atom stereocenters. The molecule has 1 heterocycles. The van der Waals surface area contributed by atoms with Gasteiger partial charge in [0.05, 0.1) is 0 Å². The molecule has 0 bridgehead atoms. The van der Waals surface area contributed by atoms with Crippen LogP contribution in [0.3, 0.4) is 0 Å². The minimum absolute atomic E-state index is 1.12. The lowest BCUT2D eigenvalue weighted by Crippen LogP contribution is -1.98. The van der Waals surface area contributed by atoms with E-state index in [2.05, 4.69) is 236 Å². The fourth-order valence-electron chi connectivity index (χ4n) is 10.0. The second kappa shape index (κ2) is 15.8. The summed E-state index contributed by atoms with van der Waals surface area (Å²) in [7, 11) is 0. The van der Waals surface area contributed by atoms with Crippen molar-refractivity contribution in [3.05, 3.63) is 249 Å². The molecule has 64 heavy (non-hydrogen) atoms. The zero-order chi connectivity index (χ0) is 42.4. The second-order valence-corrected chi connectivity index (χ2v) is 16.6. The van der Waals surface area contributed by atoms with Gasteiger partial charge in [-0.3, -0.25) is 4.98 Å². The molecular weight excluding hydrogens is 771 g/mol. The molecule has 0 unspecified atom stereocenters. The average Bonchev–Trinajstić information content (AvgIpc) is 3.71. The van der Waals surface area contributed by atoms with E-state index in [1.54, 1.807) is 0 Å². The van der Waals surface area contributed by atoms with Gasteiger partial charge in [-0.05, 0) is 147 Å². The molecule has 1 aromatic heterocycles. The highest BCUT2D eigenvalue weighted by Gasteiger charge is 2.26. The van der Waals surface area contributed by atoms with Crippen molar-refractivity contribution in [1.29, 1.82) is 0 Å². The largest absolute Gasteiger partial charge is 0.264 e. The third-order valence-corrected chi connectivity index (χ3v) is 12.9. The van der Waals surface area contributed by atoms with Gasteiger partial charge in [0.25, 0.3) is 0 Å². The quantitative estimate of drug-likeness (QED) is 0.149. The van der Waals surface area contributed by atoms with Crippen LogP contribution in [0.15, 0.2) is 249 Å². The van der Waals surface area contributed by atoms with Crippen molar-refractivity contribution in [1.82, 2.24) is 4.98 Å². The molecule has 12 rings (SSSR count). The van der Waals surface area contributed by atoms with E-state index >= 15 is 0 Å². The third-order valence-electron chi connectivity index (χ3n) is 12.9. The molecule has 1 heteroatoms. The molecule has 0 saturated carbocycles. The number of nitrogens with zero attached hydrogens (tertiary/aromatic N) is 1. The molecule has 0 radical (unpaired) electrons. The Morgan fingerprint density at radius 1 is 0.219 bits per heavy atom. The molecule has 0 spiro atoms. The maximum atomic E-state index is 4.36. The topological polar surface area (TPSA) is 12.9 Å². The van der Waals surface area contributed by atoms with E-state index in [9.17, 15) is 0 Å². The van der Waals surface area contributed by atoms with Gasteiger partial charge in [-0.2, -0.15) is 0 Å². The van der Waals surface area contributed by atoms with Gasteiger partial charge in [0.2, 0.25) is 0 Å². The van der Waals surface area contributed by atoms with Gasteiger partial charge in [-0.25, -0.2) is 0 Å². The van der Waals surface area contributed by atoms with Crippen LogP contribution >= 0.6 is 0 Å². The van der Waals surface area contributed by atoms with E-state index in [0.29, 0.717) is 0 Å². The van der Waals surface area contributed by atoms with Crippen LogP contribution in [0.25, 0.3) is 122 Å². The summed E-state index contributed by atoms with van der Waals surface area (Å²) in [6.07, 6.45) is 3.75. The molecule has 1 aliphatic carbocycles. The minimum atomic E-state index is 1.12. The molecule has 0 saturated heterocycles. The monoisotopic (exact) mass is 811 g/mol. The van der Waals surface area contributed by atoms with Crippen LogP contribution in [0, 0.1) is 0 Å². The molecule has 1 aliphatic rings. The average molecular weight is 812 g/mol. The normalized spacial score (nSPS) is 11.4. The Bertz CT molecular complexity index is 3500. The molecule has 0 aliphatic heterocycles. The summed E-state index contributed by atoms with van der Waals surface area (Å²) in [5.74, 6) is 0. The van der Waals surface area contributed by atoms with E-state index in [0.717, 1.165) is 5.56 Å². The first-order chi connectivity index (χ1) is 31.8. The molecule has 11 aromatic rings. The fourth-order valence-corrected chi connectivity index (χ4v) is 10.0. The lowest BCUT2D eigenvalue weighted by Gasteiger charge is -2.24. The number of hydrogen-bond donors (Lipinski definition) is 0. The summed E-state index contributed by atoms with van der Waals surface area (Å²) in [5, 5.41) is 2.58. The van der Waals surface area contributed by atoms with Crippen molar-refractivity contribution in [2.45, 2.75) is 0 Å². The molecular formula is C63H41N. The van der Waals surface area contributed by atoms with Crippen molar-refractivity contribution < 1.29 is 0 Å². The zero-order valence-electron chi connectivity index (χ0n) is 35.1. The maximum absolute atomic E-state index is 4.36. The molecule has 298 valence electrons. The Balaban J connectivity index is 1.04. The highest BCUT2D eigenvalue weighted by Crippen LogP contribution is 2.53. The molecule has 0 fully saturated rings. The van der Waals surface area contributed by atoms with Gasteiger partial charge < -0.3 is 0 Å². The van der Waals surface area contributed by atoms with E-state index in [1.165, 1.54) is 116 Å². The third kappa shape index (κ3) is 6.46. The van der Waals surface area contributed by atoms with Gasteiger partial charge >= 0.3 is 0 Å². The van der Waals surface area contributed by atoms with Crippen molar-refractivity contribution in [2.24, 2.45) is 0 Å². The van der Waals surface area contributed by atoms with Gasteiger partial charge in [-0.1, -0.05) is 206 Å². The second-order valence-electron chi connectivity index (χ2n) is 16.6. The number of aromatic nitrogens is 1. The van der Waals surface area contributed by atoms with Crippen molar-refractivity contribution in [2.75, 3.05) is 0 Å². The van der Waals surface area contributed by atoms with Crippen molar-refractivity contribution in [3.63, 3.8) is 0 Å². The van der Waals surface area contributed by atoms with Crippen molar-refractivity contribution in [3.8, 4) is 111 Å². The SMILES string of the molecule is c1ccc(-c2cc(-c3cccc(-c4ccc5c6c(cccc46)-c4cc(-c6cccc(-c7cccnc7)c6)ccc4-5)c3)c(-c3ccccc3)c(-c3ccccc3)c2-c2ccccc2)cc1. The minimum Gasteiger partial charge on any atom is -0.264 e. The maximum Gasteiger partial charge on any atom is 0.0346 e. The van der Waals surface area contributed by atoms with Gasteiger partial charge in [0.1, 0.15) is 0 Å². The number of hydrogen-bond acceptors (Lipinski definition) is 1. The van der Waals surface area contributed by atoms with Gasteiger partial charge in [0, 0.05) is 18.0 Å². The molecule has 10 aromatic carbocycles. The first-order valence-corrected chi connectivity index (χ1v) is 22.0. The Kier molecular flexibility index (Phi) is 9.24. The van der Waals surface area contributed by atoms with Crippen LogP contribution in [0.5, 0.6) is 0 Å². The van der Waals surface area contributed by atoms with Crippen LogP contribution in [-0.2, 0) is 0 Å². The highest BCUT2D eigenvalue weighted by atomic mass is 14.6. The highest BCUT2D eigenvalue weighted by molar-refractivity contribution is 6.19. The standard InChI is InChI=1S/C63H41N/c1-5-17-42(18-6-1)57-40-58(61(44-21-9-3-10-22-44)62(45-23-11-4-12-24-45)60(57)43-19-7-2-8-20-43)50-28-14-27-49(38-50)52-34-35-56-53-33-32-48(39-59(53)55-31-15-30-54(52)63(55)56)46-25-13-26-47(37-46)51-29-16-36-64-41-51/h1-41H. The lowest BCUT2D eigenvalue weighted by molar-refractivity contribution is 1.33. The molecule has 1 nitrogen and oxygen atoms in total. The first-order valence-electron chi connectivity index (χ1n) is 22.0. The molecule has 0 N–H and O–H groups in total. The lowest BCUT2D eigenvalue weighted by atomic mass is 9.78. The number of fused-ring (bicyclic) bond motifs is 3. The summed E-state index contributed by atoms with van der Waals surface area (Å²) >= 11 is 0. The van der Waals surface area contributed by atoms with Crippen LogP contribution in [0.4, 0.5) is 0 Å². The number of benzene rings is 10. The van der Waals surface area contributed by atoms with Crippen LogP contribution < -0.4 is 0 Å². The van der Waals surface area contributed by atoms with Crippen molar-refractivity contribution >= 4 is 10.8 Å². The summed E-state index contributed by atoms with van der Waals surface area (Å²) in [4.78, 5) is 4.36. The van der Waals surface area contributed by atoms with Crippen LogP contribution in [-0.4, -0.2) is 4.98 Å². The van der Waals surface area contributed by atoms with E-state index in [-0.39, 0.29) is 0 Å². The smallest absolute Gasteiger partial charge is 0.0346 e. The van der Waals surface area contributed by atoms with E-state index in [1.807, 2.05) is 18.5 Å². The Hall–Kier alpha value is -8.39. The van der Waals surface area contributed by atoms with E-state index in [4.69, 9.17) is 0 Å². The Morgan fingerprint density at radius 3 is 1.31 bits per heavy atom. The van der Waals surface area contributed by atoms with Crippen LogP contribution in [0.2, 0.25) is 0 Å². The van der Waals surface area contributed by atoms with Gasteiger partial charge in [-0.15, -0.1) is 0 Å². The fraction of sp³-hybridized carbons (Fsp3) is 0. The first kappa shape index (κ1) is 37.4. The Morgan fingerprint density at radius 2 is 0.672 bits per heavy atom. The Labute approximate surface area is 374 Å². The van der Waals surface area contributed by atoms with Gasteiger partial charge in [0.15, 0.2) is 0 Å².